The molecule has 5 unspecified atom stereocenters. The van der Waals surface area contributed by atoms with Crippen molar-refractivity contribution in [1.29, 1.82) is 0 Å². The number of nitrogens with one attached hydrogen (secondary N) is 4. The molecule has 4 rings (SSSR count). The van der Waals surface area contributed by atoms with E-state index in [1.165, 1.54) is 29.2 Å². The fourth-order valence-electron chi connectivity index (χ4n) is 5.87. The average molecular weight is 580 g/mol. The van der Waals surface area contributed by atoms with Crippen LogP contribution in [0, 0.1) is 11.7 Å². The third-order valence-corrected chi connectivity index (χ3v) is 8.50. The Morgan fingerprint density at radius 1 is 0.905 bits per heavy atom. The number of nitrogens with zero attached hydrogens (tertiary/aromatic N) is 1. The fourth-order valence-corrected chi connectivity index (χ4v) is 5.87. The first-order valence-corrected chi connectivity index (χ1v) is 14.9. The SMILES string of the molecule is CNC(C)C(=O)NC(C(=O)N1CC(NC(=O)c2ccc(F)cc2)CC1C(=O)NC(C)c1ccccc1)C1CCCCC1. The minimum absolute atomic E-state index is 0.0425. The molecule has 2 aromatic rings. The summed E-state index contributed by atoms with van der Waals surface area (Å²) < 4.78 is 13.4. The van der Waals surface area contributed by atoms with Crippen LogP contribution in [0.5, 0.6) is 0 Å². The molecule has 0 bridgehead atoms. The molecular weight excluding hydrogens is 537 g/mol. The van der Waals surface area contributed by atoms with E-state index in [-0.39, 0.29) is 48.2 Å². The van der Waals surface area contributed by atoms with Crippen molar-refractivity contribution in [2.24, 2.45) is 5.92 Å². The second-order valence-corrected chi connectivity index (χ2v) is 11.5. The summed E-state index contributed by atoms with van der Waals surface area (Å²) in [5.41, 5.74) is 1.21. The Kier molecular flexibility index (Phi) is 10.7. The summed E-state index contributed by atoms with van der Waals surface area (Å²) in [4.78, 5) is 55.4. The monoisotopic (exact) mass is 579 g/mol. The standard InChI is InChI=1S/C32H42FN5O4/c1-20(22-10-6-4-7-11-22)35-31(41)27-18-26(36-30(40)24-14-16-25(33)17-15-24)19-38(27)32(42)28(23-12-8-5-9-13-23)37-29(39)21(2)34-3/h4,6-7,10-11,14-17,20-21,23,26-28,34H,5,8-9,12-13,18-19H2,1-3H3,(H,35,41)(H,36,40)(H,37,39). The van der Waals surface area contributed by atoms with Crippen LogP contribution in [0.15, 0.2) is 54.6 Å². The second kappa shape index (κ2) is 14.4. The van der Waals surface area contributed by atoms with E-state index in [2.05, 4.69) is 21.3 Å². The highest BCUT2D eigenvalue weighted by molar-refractivity contribution is 5.96. The number of amides is 4. The van der Waals surface area contributed by atoms with Crippen LogP contribution in [0.25, 0.3) is 0 Å². The number of hydrogen-bond donors (Lipinski definition) is 4. The van der Waals surface area contributed by atoms with Crippen LogP contribution in [-0.2, 0) is 14.4 Å². The van der Waals surface area contributed by atoms with Gasteiger partial charge in [-0.1, -0.05) is 49.6 Å². The van der Waals surface area contributed by atoms with Crippen LogP contribution in [-0.4, -0.2) is 66.3 Å². The topological polar surface area (TPSA) is 120 Å². The van der Waals surface area contributed by atoms with E-state index in [4.69, 9.17) is 0 Å². The molecule has 1 aliphatic carbocycles. The van der Waals surface area contributed by atoms with E-state index in [0.717, 1.165) is 37.7 Å². The molecule has 1 aliphatic heterocycles. The predicted molar refractivity (Wildman–Crippen MR) is 158 cm³/mol. The van der Waals surface area contributed by atoms with Gasteiger partial charge in [0, 0.05) is 18.2 Å². The summed E-state index contributed by atoms with van der Waals surface area (Å²) in [6.45, 7) is 3.73. The molecule has 2 aliphatic rings. The van der Waals surface area contributed by atoms with Crippen molar-refractivity contribution in [2.45, 2.75) is 82.6 Å². The molecule has 9 nitrogen and oxygen atoms in total. The number of halogens is 1. The molecular formula is C32H42FN5O4. The molecule has 4 amide bonds. The zero-order chi connectivity index (χ0) is 30.2. The highest BCUT2D eigenvalue weighted by atomic mass is 19.1. The maximum Gasteiger partial charge on any atom is 0.251 e. The molecule has 42 heavy (non-hydrogen) atoms. The summed E-state index contributed by atoms with van der Waals surface area (Å²) in [5, 5.41) is 11.9. The summed E-state index contributed by atoms with van der Waals surface area (Å²) in [5.74, 6) is -1.82. The third kappa shape index (κ3) is 7.73. The van der Waals surface area contributed by atoms with Crippen LogP contribution in [0.3, 0.4) is 0 Å². The molecule has 0 radical (unpaired) electrons. The van der Waals surface area contributed by atoms with Gasteiger partial charge >= 0.3 is 0 Å². The number of likely N-dealkylation sites (N-methyl/N-ethyl adjacent to an activating group) is 1. The van der Waals surface area contributed by atoms with E-state index in [1.54, 1.807) is 14.0 Å². The molecule has 1 heterocycles. The van der Waals surface area contributed by atoms with Crippen molar-refractivity contribution in [3.8, 4) is 0 Å². The minimum Gasteiger partial charge on any atom is -0.348 e. The van der Waals surface area contributed by atoms with E-state index >= 15 is 0 Å². The van der Waals surface area contributed by atoms with Crippen LogP contribution >= 0.6 is 0 Å². The molecule has 226 valence electrons. The van der Waals surface area contributed by atoms with Gasteiger partial charge in [0.2, 0.25) is 17.7 Å². The van der Waals surface area contributed by atoms with E-state index < -0.39 is 35.9 Å². The highest BCUT2D eigenvalue weighted by Gasteiger charge is 2.44. The van der Waals surface area contributed by atoms with Gasteiger partial charge < -0.3 is 26.2 Å². The zero-order valence-corrected chi connectivity index (χ0v) is 24.6. The van der Waals surface area contributed by atoms with Crippen molar-refractivity contribution in [1.82, 2.24) is 26.2 Å². The van der Waals surface area contributed by atoms with Crippen molar-refractivity contribution in [2.75, 3.05) is 13.6 Å². The lowest BCUT2D eigenvalue weighted by atomic mass is 9.83. The Labute approximate surface area is 247 Å². The van der Waals surface area contributed by atoms with Gasteiger partial charge in [-0.25, -0.2) is 4.39 Å². The van der Waals surface area contributed by atoms with Gasteiger partial charge in [-0.2, -0.15) is 0 Å². The number of carbonyl (C=O) groups excluding carboxylic acids is 4. The molecule has 10 heteroatoms. The molecule has 4 N–H and O–H groups in total. The van der Waals surface area contributed by atoms with Crippen LogP contribution in [0.2, 0.25) is 0 Å². The molecule has 0 spiro atoms. The summed E-state index contributed by atoms with van der Waals surface area (Å²) >= 11 is 0. The van der Waals surface area contributed by atoms with Crippen LogP contribution in [0.1, 0.15) is 74.3 Å². The van der Waals surface area contributed by atoms with E-state index in [0.29, 0.717) is 0 Å². The van der Waals surface area contributed by atoms with Gasteiger partial charge in [-0.15, -0.1) is 0 Å². The number of likely N-dealkylation sites (tertiary alicyclic amines) is 1. The minimum atomic E-state index is -0.841. The quantitative estimate of drug-likeness (QED) is 0.345. The molecule has 1 saturated carbocycles. The molecule has 5 atom stereocenters. The Bertz CT molecular complexity index is 1240. The van der Waals surface area contributed by atoms with Crippen LogP contribution < -0.4 is 21.3 Å². The lowest BCUT2D eigenvalue weighted by molar-refractivity contribution is -0.143. The maximum atomic E-state index is 14.3. The van der Waals surface area contributed by atoms with Gasteiger partial charge in [0.15, 0.2) is 0 Å². The molecule has 1 saturated heterocycles. The van der Waals surface area contributed by atoms with Gasteiger partial charge in [0.1, 0.15) is 17.9 Å². The van der Waals surface area contributed by atoms with Crippen molar-refractivity contribution < 1.29 is 23.6 Å². The first kappa shape index (κ1) is 31.2. The Balaban J connectivity index is 1.57. The largest absolute Gasteiger partial charge is 0.348 e. The first-order chi connectivity index (χ1) is 20.2. The van der Waals surface area contributed by atoms with Crippen LogP contribution in [0.4, 0.5) is 4.39 Å². The molecule has 0 aromatic heterocycles. The normalized spacial score (nSPS) is 21.2. The lowest BCUT2D eigenvalue weighted by Crippen LogP contribution is -2.58. The Hall–Kier alpha value is -3.79. The first-order valence-electron chi connectivity index (χ1n) is 14.9. The maximum absolute atomic E-state index is 14.3. The second-order valence-electron chi connectivity index (χ2n) is 11.5. The molecule has 2 fully saturated rings. The third-order valence-electron chi connectivity index (χ3n) is 8.50. The number of hydrogen-bond acceptors (Lipinski definition) is 5. The highest BCUT2D eigenvalue weighted by Crippen LogP contribution is 2.30. The van der Waals surface area contributed by atoms with Crippen molar-refractivity contribution in [3.05, 3.63) is 71.5 Å². The lowest BCUT2D eigenvalue weighted by Gasteiger charge is -2.35. The van der Waals surface area contributed by atoms with Gasteiger partial charge in [0.25, 0.3) is 5.91 Å². The smallest absolute Gasteiger partial charge is 0.251 e. The fraction of sp³-hybridized carbons (Fsp3) is 0.500. The Morgan fingerprint density at radius 2 is 1.57 bits per heavy atom. The summed E-state index contributed by atoms with van der Waals surface area (Å²) in [7, 11) is 1.69. The van der Waals surface area contributed by atoms with Gasteiger partial charge in [-0.05, 0) is 75.9 Å². The predicted octanol–water partition coefficient (Wildman–Crippen LogP) is 3.08. The zero-order valence-electron chi connectivity index (χ0n) is 24.6. The van der Waals surface area contributed by atoms with Crippen molar-refractivity contribution in [3.63, 3.8) is 0 Å². The van der Waals surface area contributed by atoms with E-state index in [9.17, 15) is 23.6 Å². The van der Waals surface area contributed by atoms with E-state index in [1.807, 2.05) is 37.3 Å². The molecule has 2 aromatic carbocycles. The summed E-state index contributed by atoms with van der Waals surface area (Å²) in [6, 6.07) is 11.8. The number of benzene rings is 2. The van der Waals surface area contributed by atoms with Crippen molar-refractivity contribution >= 4 is 23.6 Å². The summed E-state index contributed by atoms with van der Waals surface area (Å²) in [6.07, 6.45) is 4.86. The number of rotatable bonds is 10. The van der Waals surface area contributed by atoms with Gasteiger partial charge in [-0.3, -0.25) is 19.2 Å². The number of carbonyl (C=O) groups is 4. The Morgan fingerprint density at radius 3 is 2.21 bits per heavy atom. The average Bonchev–Trinajstić information content (AvgIpc) is 3.44. The van der Waals surface area contributed by atoms with Gasteiger partial charge in [0.05, 0.1) is 12.1 Å².